The molecule has 1 heterocycles. The molecule has 0 bridgehead atoms. The van der Waals surface area contributed by atoms with E-state index >= 15 is 0 Å². The molecule has 0 saturated heterocycles. The molecule has 0 radical (unpaired) electrons. The van der Waals surface area contributed by atoms with Crippen molar-refractivity contribution in [2.24, 2.45) is 5.73 Å². The highest BCUT2D eigenvalue weighted by Crippen LogP contribution is 2.13. The molecule has 3 N–H and O–H groups in total. The number of nitrogens with one attached hydrogen (secondary N) is 1. The zero-order valence-electron chi connectivity index (χ0n) is 7.87. The average Bonchev–Trinajstić information content (AvgIpc) is 2.48. The maximum Gasteiger partial charge on any atom is 0.254 e. The van der Waals surface area contributed by atoms with Crippen LogP contribution in [-0.2, 0) is 6.54 Å². The van der Waals surface area contributed by atoms with Crippen molar-refractivity contribution in [1.29, 1.82) is 0 Å². The molecule has 0 fully saturated rings. The monoisotopic (exact) mass is 182 g/mol. The lowest BCUT2D eigenvalue weighted by Gasteiger charge is -2.05. The summed E-state index contributed by atoms with van der Waals surface area (Å²) in [6.07, 6.45) is 2.46. The highest BCUT2D eigenvalue weighted by atomic mass is 16.1. The molecule has 1 aromatic heterocycles. The van der Waals surface area contributed by atoms with Gasteiger partial charge in [0.15, 0.2) is 0 Å². The molecule has 1 rings (SSSR count). The molecule has 0 unspecified atom stereocenters. The van der Waals surface area contributed by atoms with Gasteiger partial charge in [0, 0.05) is 13.6 Å². The molecule has 0 aliphatic rings. The molecule has 0 aromatic carbocycles. The second kappa shape index (κ2) is 3.93. The number of rotatable bonds is 4. The van der Waals surface area contributed by atoms with E-state index in [0.29, 0.717) is 11.4 Å². The quantitative estimate of drug-likeness (QED) is 0.709. The fourth-order valence-corrected chi connectivity index (χ4v) is 1.21. The summed E-state index contributed by atoms with van der Waals surface area (Å²) in [5.41, 5.74) is 5.61. The lowest BCUT2D eigenvalue weighted by atomic mass is 10.3. The fraction of sp³-hybridized carbons (Fsp3) is 0.500. The number of carbonyl (C=O) groups excluding carboxylic acids is 1. The van der Waals surface area contributed by atoms with Gasteiger partial charge in [0.2, 0.25) is 0 Å². The summed E-state index contributed by atoms with van der Waals surface area (Å²) in [6, 6.07) is 0. The molecule has 0 aliphatic carbocycles. The van der Waals surface area contributed by atoms with Crippen LogP contribution in [0.5, 0.6) is 0 Å². The normalized spacial score (nSPS) is 10.0. The Morgan fingerprint density at radius 2 is 2.46 bits per heavy atom. The number of amides is 1. The maximum atomic E-state index is 10.9. The van der Waals surface area contributed by atoms with Crippen molar-refractivity contribution in [3.8, 4) is 0 Å². The van der Waals surface area contributed by atoms with Crippen LogP contribution in [0.2, 0.25) is 0 Å². The van der Waals surface area contributed by atoms with Gasteiger partial charge in [-0.25, -0.2) is 4.68 Å². The van der Waals surface area contributed by atoms with E-state index in [1.165, 1.54) is 6.20 Å². The van der Waals surface area contributed by atoms with Gasteiger partial charge in [-0.15, -0.1) is 0 Å². The zero-order valence-corrected chi connectivity index (χ0v) is 7.87. The van der Waals surface area contributed by atoms with Crippen LogP contribution in [0.4, 0.5) is 5.82 Å². The molecule has 1 aromatic rings. The number of nitrogens with two attached hydrogens (primary N) is 1. The lowest BCUT2D eigenvalue weighted by molar-refractivity contribution is 0.100. The van der Waals surface area contributed by atoms with Crippen molar-refractivity contribution < 1.29 is 4.79 Å². The van der Waals surface area contributed by atoms with Crippen molar-refractivity contribution in [1.82, 2.24) is 9.78 Å². The predicted octanol–water partition coefficient (Wildman–Crippen LogP) is 0.434. The Labute approximate surface area is 76.9 Å². The van der Waals surface area contributed by atoms with Crippen LogP contribution in [0.25, 0.3) is 0 Å². The molecule has 1 amide bonds. The van der Waals surface area contributed by atoms with Crippen molar-refractivity contribution >= 4 is 11.7 Å². The highest BCUT2D eigenvalue weighted by molar-refractivity contribution is 5.97. The minimum atomic E-state index is -0.452. The van der Waals surface area contributed by atoms with E-state index in [0.717, 1.165) is 13.0 Å². The number of nitrogens with zero attached hydrogens (tertiary/aromatic N) is 2. The van der Waals surface area contributed by atoms with Gasteiger partial charge in [0.25, 0.3) is 5.91 Å². The molecule has 0 spiro atoms. The van der Waals surface area contributed by atoms with E-state index in [-0.39, 0.29) is 0 Å². The summed E-state index contributed by atoms with van der Waals surface area (Å²) in [6.45, 7) is 2.83. The number of hydrogen-bond donors (Lipinski definition) is 2. The van der Waals surface area contributed by atoms with E-state index in [2.05, 4.69) is 10.4 Å². The van der Waals surface area contributed by atoms with E-state index in [1.807, 2.05) is 6.92 Å². The number of hydrogen-bond acceptors (Lipinski definition) is 3. The van der Waals surface area contributed by atoms with E-state index in [9.17, 15) is 4.79 Å². The predicted molar refractivity (Wildman–Crippen MR) is 50.6 cm³/mol. The summed E-state index contributed by atoms with van der Waals surface area (Å²) in [5, 5.41) is 6.96. The summed E-state index contributed by atoms with van der Waals surface area (Å²) in [5.74, 6) is 0.237. The second-order valence-electron chi connectivity index (χ2n) is 2.74. The van der Waals surface area contributed by atoms with Crippen molar-refractivity contribution in [3.63, 3.8) is 0 Å². The lowest BCUT2D eigenvalue weighted by Crippen LogP contribution is -2.13. The minimum absolute atomic E-state index is 0.441. The van der Waals surface area contributed by atoms with Crippen LogP contribution in [-0.4, -0.2) is 22.7 Å². The Bertz CT molecular complexity index is 305. The van der Waals surface area contributed by atoms with Crippen LogP contribution in [0.3, 0.4) is 0 Å². The zero-order chi connectivity index (χ0) is 9.84. The Morgan fingerprint density at radius 3 is 2.92 bits per heavy atom. The molecule has 13 heavy (non-hydrogen) atoms. The van der Waals surface area contributed by atoms with Crippen LogP contribution in [0, 0.1) is 0 Å². The molecular weight excluding hydrogens is 168 g/mol. The topological polar surface area (TPSA) is 72.9 Å². The first-order valence-corrected chi connectivity index (χ1v) is 4.24. The number of anilines is 1. The summed E-state index contributed by atoms with van der Waals surface area (Å²) < 4.78 is 1.74. The largest absolute Gasteiger partial charge is 0.373 e. The van der Waals surface area contributed by atoms with Gasteiger partial charge < -0.3 is 11.1 Å². The highest BCUT2D eigenvalue weighted by Gasteiger charge is 2.12. The third-order valence-electron chi connectivity index (χ3n) is 1.78. The smallest absolute Gasteiger partial charge is 0.254 e. The SMILES string of the molecule is CCCn1ncc(C(N)=O)c1NC. The van der Waals surface area contributed by atoms with Crippen LogP contribution in [0.1, 0.15) is 23.7 Å². The molecule has 5 heteroatoms. The summed E-state index contributed by atoms with van der Waals surface area (Å²) in [7, 11) is 1.75. The van der Waals surface area contributed by atoms with E-state index < -0.39 is 5.91 Å². The van der Waals surface area contributed by atoms with Gasteiger partial charge in [-0.1, -0.05) is 6.92 Å². The third-order valence-corrected chi connectivity index (χ3v) is 1.78. The first-order chi connectivity index (χ1) is 6.20. The molecule has 0 atom stereocenters. The summed E-state index contributed by atoms with van der Waals surface area (Å²) >= 11 is 0. The number of carbonyl (C=O) groups is 1. The van der Waals surface area contributed by atoms with Gasteiger partial charge in [0.05, 0.1) is 6.20 Å². The third kappa shape index (κ3) is 1.80. The minimum Gasteiger partial charge on any atom is -0.373 e. The molecule has 72 valence electrons. The Balaban J connectivity index is 3.03. The van der Waals surface area contributed by atoms with Gasteiger partial charge in [-0.05, 0) is 6.42 Å². The van der Waals surface area contributed by atoms with Crippen molar-refractivity contribution in [2.75, 3.05) is 12.4 Å². The van der Waals surface area contributed by atoms with Gasteiger partial charge in [0.1, 0.15) is 11.4 Å². The van der Waals surface area contributed by atoms with Gasteiger partial charge >= 0.3 is 0 Å². The molecule has 5 nitrogen and oxygen atoms in total. The standard InChI is InChI=1S/C8H14N4O/c1-3-4-12-8(10-2)6(5-11-12)7(9)13/h5,10H,3-4H2,1-2H3,(H2,9,13). The maximum absolute atomic E-state index is 10.9. The van der Waals surface area contributed by atoms with E-state index in [4.69, 9.17) is 5.73 Å². The number of primary amides is 1. The fourth-order valence-electron chi connectivity index (χ4n) is 1.21. The van der Waals surface area contributed by atoms with Crippen molar-refractivity contribution in [2.45, 2.75) is 19.9 Å². The Kier molecular flexibility index (Phi) is 2.89. The Morgan fingerprint density at radius 1 is 1.77 bits per heavy atom. The Hall–Kier alpha value is -1.52. The average molecular weight is 182 g/mol. The van der Waals surface area contributed by atoms with Crippen LogP contribution >= 0.6 is 0 Å². The molecule has 0 aliphatic heterocycles. The summed E-state index contributed by atoms with van der Waals surface area (Å²) in [4.78, 5) is 10.9. The number of aromatic nitrogens is 2. The van der Waals surface area contributed by atoms with E-state index in [1.54, 1.807) is 11.7 Å². The van der Waals surface area contributed by atoms with Crippen LogP contribution in [0.15, 0.2) is 6.20 Å². The molecule has 0 saturated carbocycles. The first kappa shape index (κ1) is 9.57. The second-order valence-corrected chi connectivity index (χ2v) is 2.74. The number of aryl methyl sites for hydroxylation is 1. The van der Waals surface area contributed by atoms with Crippen LogP contribution < -0.4 is 11.1 Å². The van der Waals surface area contributed by atoms with Gasteiger partial charge in [-0.2, -0.15) is 5.10 Å². The molecular formula is C8H14N4O. The first-order valence-electron chi connectivity index (χ1n) is 4.24. The van der Waals surface area contributed by atoms with Crippen molar-refractivity contribution in [3.05, 3.63) is 11.8 Å². The van der Waals surface area contributed by atoms with Gasteiger partial charge in [-0.3, -0.25) is 4.79 Å².